The second kappa shape index (κ2) is 6.41. The number of hydrogen-bond donors (Lipinski definition) is 1. The summed E-state index contributed by atoms with van der Waals surface area (Å²) in [7, 11) is 0. The highest BCUT2D eigenvalue weighted by atomic mass is 32.1. The van der Waals surface area contributed by atoms with E-state index in [1.54, 1.807) is 12.1 Å². The molecular weight excluding hydrogens is 274 g/mol. The Bertz CT molecular complexity index is 482. The minimum absolute atomic E-state index is 0.141. The highest BCUT2D eigenvalue weighted by molar-refractivity contribution is 7.80. The van der Waals surface area contributed by atoms with Gasteiger partial charge in [-0.2, -0.15) is 0 Å². The van der Waals surface area contributed by atoms with Crippen molar-refractivity contribution in [3.63, 3.8) is 0 Å². The van der Waals surface area contributed by atoms with Gasteiger partial charge in [0.15, 0.2) is 11.5 Å². The lowest BCUT2D eigenvalue weighted by Gasteiger charge is -2.37. The summed E-state index contributed by atoms with van der Waals surface area (Å²) in [6, 6.07) is 5.25. The van der Waals surface area contributed by atoms with Crippen LogP contribution in [0.3, 0.4) is 0 Å². The smallest absolute Gasteiger partial charge is 0.161 e. The monoisotopic (exact) mass is 295 g/mol. The Kier molecular flexibility index (Phi) is 4.83. The average molecular weight is 295 g/mol. The van der Waals surface area contributed by atoms with Crippen LogP contribution in [0.5, 0.6) is 11.5 Å². The predicted octanol–water partition coefficient (Wildman–Crippen LogP) is 2.58. The molecule has 0 aliphatic carbocycles. The van der Waals surface area contributed by atoms with Crippen molar-refractivity contribution in [3.8, 4) is 11.5 Å². The first-order valence-corrected chi connectivity index (χ1v) is 7.32. The van der Waals surface area contributed by atoms with Crippen molar-refractivity contribution in [3.05, 3.63) is 23.8 Å². The zero-order valence-corrected chi connectivity index (χ0v) is 12.9. The molecule has 0 spiro atoms. The molecule has 1 heterocycles. The van der Waals surface area contributed by atoms with Crippen LogP contribution in [-0.4, -0.2) is 46.9 Å². The largest absolute Gasteiger partial charge is 0.504 e. The van der Waals surface area contributed by atoms with Gasteiger partial charge in [0, 0.05) is 18.7 Å². The van der Waals surface area contributed by atoms with E-state index in [0.717, 1.165) is 23.6 Å². The Labute approximate surface area is 125 Å². The first-order chi connectivity index (χ1) is 9.51. The van der Waals surface area contributed by atoms with Crippen LogP contribution >= 0.6 is 12.2 Å². The number of aromatic hydroxyl groups is 1. The van der Waals surface area contributed by atoms with Crippen LogP contribution in [0.15, 0.2) is 18.2 Å². The van der Waals surface area contributed by atoms with Gasteiger partial charge in [-0.25, -0.2) is 0 Å². The van der Waals surface area contributed by atoms with E-state index in [4.69, 9.17) is 21.7 Å². The Morgan fingerprint density at radius 3 is 2.65 bits per heavy atom. The molecule has 1 aromatic rings. The van der Waals surface area contributed by atoms with Gasteiger partial charge in [-0.1, -0.05) is 12.2 Å². The second-order valence-corrected chi connectivity index (χ2v) is 5.47. The van der Waals surface area contributed by atoms with E-state index in [9.17, 15) is 5.11 Å². The third kappa shape index (κ3) is 3.41. The summed E-state index contributed by atoms with van der Waals surface area (Å²) >= 11 is 5.57. The normalized spacial score (nSPS) is 22.6. The van der Waals surface area contributed by atoms with Crippen LogP contribution in [-0.2, 0) is 4.74 Å². The number of benzene rings is 1. The molecule has 4 nitrogen and oxygen atoms in total. The number of ether oxygens (including phenoxy) is 2. The van der Waals surface area contributed by atoms with Crippen molar-refractivity contribution < 1.29 is 14.6 Å². The fourth-order valence-electron chi connectivity index (χ4n) is 2.44. The van der Waals surface area contributed by atoms with Gasteiger partial charge in [0.25, 0.3) is 0 Å². The maximum absolute atomic E-state index is 9.74. The lowest BCUT2D eigenvalue weighted by atomic mass is 10.1. The van der Waals surface area contributed by atoms with E-state index in [0.29, 0.717) is 12.4 Å². The number of phenolic OH excluding ortho intramolecular Hbond substituents is 1. The van der Waals surface area contributed by atoms with E-state index in [2.05, 4.69) is 4.90 Å². The minimum atomic E-state index is 0.141. The molecule has 5 heteroatoms. The average Bonchev–Trinajstić information content (AvgIpc) is 2.39. The molecule has 1 N–H and O–H groups in total. The zero-order valence-electron chi connectivity index (χ0n) is 12.1. The lowest BCUT2D eigenvalue weighted by molar-refractivity contribution is -0.0472. The van der Waals surface area contributed by atoms with Gasteiger partial charge in [0.1, 0.15) is 4.99 Å². The molecule has 1 aromatic carbocycles. The Balaban J connectivity index is 2.18. The maximum atomic E-state index is 9.74. The Morgan fingerprint density at radius 2 is 2.05 bits per heavy atom. The summed E-state index contributed by atoms with van der Waals surface area (Å²) in [4.78, 5) is 2.92. The molecule has 110 valence electrons. The first-order valence-electron chi connectivity index (χ1n) is 6.91. The zero-order chi connectivity index (χ0) is 14.7. The first kappa shape index (κ1) is 15.1. The van der Waals surface area contributed by atoms with Crippen molar-refractivity contribution in [2.24, 2.45) is 0 Å². The SMILES string of the molecule is CCOc1cc(C(=S)N2C[C@@H](C)O[C@@H](C)C2)ccc1O. The number of thiocarbonyl (C=S) groups is 1. The number of nitrogens with zero attached hydrogens (tertiary/aromatic N) is 1. The van der Waals surface area contributed by atoms with Gasteiger partial charge in [-0.15, -0.1) is 0 Å². The van der Waals surface area contributed by atoms with E-state index < -0.39 is 0 Å². The Morgan fingerprint density at radius 1 is 1.40 bits per heavy atom. The van der Waals surface area contributed by atoms with Crippen LogP contribution in [0.4, 0.5) is 0 Å². The summed E-state index contributed by atoms with van der Waals surface area (Å²) in [5.41, 5.74) is 0.891. The van der Waals surface area contributed by atoms with Crippen molar-refractivity contribution >= 4 is 17.2 Å². The van der Waals surface area contributed by atoms with Gasteiger partial charge in [0.2, 0.25) is 0 Å². The molecule has 0 amide bonds. The quantitative estimate of drug-likeness (QED) is 0.868. The predicted molar refractivity (Wildman–Crippen MR) is 82.6 cm³/mol. The van der Waals surface area contributed by atoms with Crippen molar-refractivity contribution in [1.82, 2.24) is 4.90 Å². The van der Waals surface area contributed by atoms with Gasteiger partial charge in [0.05, 0.1) is 18.8 Å². The van der Waals surface area contributed by atoms with Crippen LogP contribution < -0.4 is 4.74 Å². The van der Waals surface area contributed by atoms with Crippen LogP contribution in [0.25, 0.3) is 0 Å². The maximum Gasteiger partial charge on any atom is 0.161 e. The molecule has 0 radical (unpaired) electrons. The highest BCUT2D eigenvalue weighted by Crippen LogP contribution is 2.28. The Hall–Kier alpha value is -1.33. The summed E-state index contributed by atoms with van der Waals surface area (Å²) in [5.74, 6) is 0.615. The van der Waals surface area contributed by atoms with Crippen LogP contribution in [0, 0.1) is 0 Å². The highest BCUT2D eigenvalue weighted by Gasteiger charge is 2.24. The third-order valence-corrected chi connectivity index (χ3v) is 3.71. The van der Waals surface area contributed by atoms with E-state index >= 15 is 0 Å². The summed E-state index contributed by atoms with van der Waals surface area (Å²) in [6.07, 6.45) is 0.334. The van der Waals surface area contributed by atoms with Crippen molar-refractivity contribution in [1.29, 1.82) is 0 Å². The van der Waals surface area contributed by atoms with Gasteiger partial charge in [-0.05, 0) is 39.0 Å². The van der Waals surface area contributed by atoms with E-state index in [1.807, 2.05) is 26.8 Å². The molecule has 20 heavy (non-hydrogen) atoms. The number of phenols is 1. The third-order valence-electron chi connectivity index (χ3n) is 3.21. The standard InChI is InChI=1S/C15H21NO3S/c1-4-18-14-7-12(5-6-13(14)17)15(20)16-8-10(2)19-11(3)9-16/h5-7,10-11,17H,4,8-9H2,1-3H3/t10-,11+. The summed E-state index contributed by atoms with van der Waals surface area (Å²) < 4.78 is 11.1. The van der Waals surface area contributed by atoms with Crippen molar-refractivity contribution in [2.75, 3.05) is 19.7 Å². The summed E-state index contributed by atoms with van der Waals surface area (Å²) in [5, 5.41) is 9.74. The number of rotatable bonds is 3. The summed E-state index contributed by atoms with van der Waals surface area (Å²) in [6.45, 7) is 8.06. The fourth-order valence-corrected chi connectivity index (χ4v) is 2.72. The molecule has 0 aromatic heterocycles. The molecule has 1 aliphatic rings. The van der Waals surface area contributed by atoms with Crippen LogP contribution in [0.2, 0.25) is 0 Å². The number of hydrogen-bond acceptors (Lipinski definition) is 4. The molecular formula is C15H21NO3S. The van der Waals surface area contributed by atoms with Gasteiger partial charge < -0.3 is 19.5 Å². The fraction of sp³-hybridized carbons (Fsp3) is 0.533. The molecule has 1 fully saturated rings. The van der Waals surface area contributed by atoms with Gasteiger partial charge >= 0.3 is 0 Å². The lowest BCUT2D eigenvalue weighted by Crippen LogP contribution is -2.47. The molecule has 2 rings (SSSR count). The van der Waals surface area contributed by atoms with E-state index in [1.165, 1.54) is 0 Å². The van der Waals surface area contributed by atoms with Crippen molar-refractivity contribution in [2.45, 2.75) is 33.0 Å². The molecule has 1 aliphatic heterocycles. The van der Waals surface area contributed by atoms with Gasteiger partial charge in [-0.3, -0.25) is 0 Å². The minimum Gasteiger partial charge on any atom is -0.504 e. The van der Waals surface area contributed by atoms with E-state index in [-0.39, 0.29) is 18.0 Å². The molecule has 1 saturated heterocycles. The molecule has 0 saturated carbocycles. The number of morpholine rings is 1. The topological polar surface area (TPSA) is 41.9 Å². The molecule has 2 atom stereocenters. The molecule has 0 bridgehead atoms. The second-order valence-electron chi connectivity index (χ2n) is 5.08. The molecule has 0 unspecified atom stereocenters. The van der Waals surface area contributed by atoms with Crippen LogP contribution in [0.1, 0.15) is 26.3 Å².